The molecule has 3 rings (SSSR count). The number of pyridine rings is 1. The Hall–Kier alpha value is -1.03. The van der Waals surface area contributed by atoms with Gasteiger partial charge in [0.2, 0.25) is 0 Å². The first-order valence-corrected chi connectivity index (χ1v) is 8.24. The lowest BCUT2D eigenvalue weighted by Gasteiger charge is -2.26. The zero-order chi connectivity index (χ0) is 13.8. The van der Waals surface area contributed by atoms with Gasteiger partial charge < -0.3 is 5.32 Å². The van der Waals surface area contributed by atoms with E-state index in [-0.39, 0.29) is 0 Å². The summed E-state index contributed by atoms with van der Waals surface area (Å²) in [6, 6.07) is 10.8. The number of fused-ring (bicyclic) bond motifs is 1. The van der Waals surface area contributed by atoms with Gasteiger partial charge in [-0.1, -0.05) is 11.6 Å². The zero-order valence-electron chi connectivity index (χ0n) is 11.2. The van der Waals surface area contributed by atoms with Crippen LogP contribution in [0.25, 0.3) is 0 Å². The van der Waals surface area contributed by atoms with Crippen molar-refractivity contribution >= 4 is 23.4 Å². The third kappa shape index (κ3) is 3.35. The smallest absolute Gasteiger partial charge is 0.0410 e. The van der Waals surface area contributed by atoms with Crippen LogP contribution < -0.4 is 5.32 Å². The lowest BCUT2D eigenvalue weighted by molar-refractivity contribution is 0.514. The van der Waals surface area contributed by atoms with Crippen LogP contribution in [0.2, 0.25) is 5.02 Å². The predicted molar refractivity (Wildman–Crippen MR) is 85.5 cm³/mol. The lowest BCUT2D eigenvalue weighted by Crippen LogP contribution is -2.26. The fraction of sp³-hybridized carbons (Fsp3) is 0.312. The SMILES string of the molecule is Clc1ccc2c(c1)C(NCCc1ccncc1)CCS2. The van der Waals surface area contributed by atoms with Crippen molar-refractivity contribution in [2.45, 2.75) is 23.8 Å². The van der Waals surface area contributed by atoms with Gasteiger partial charge in [-0.2, -0.15) is 0 Å². The highest BCUT2D eigenvalue weighted by Crippen LogP contribution is 2.37. The third-order valence-corrected chi connectivity index (χ3v) is 4.92. The Balaban J connectivity index is 1.63. The number of halogens is 1. The number of benzene rings is 1. The summed E-state index contributed by atoms with van der Waals surface area (Å²) in [6.45, 7) is 0.977. The van der Waals surface area contributed by atoms with Gasteiger partial charge in [-0.15, -0.1) is 11.8 Å². The largest absolute Gasteiger partial charge is 0.310 e. The monoisotopic (exact) mass is 304 g/mol. The Kier molecular flexibility index (Phi) is 4.61. The van der Waals surface area contributed by atoms with Crippen molar-refractivity contribution in [1.82, 2.24) is 10.3 Å². The van der Waals surface area contributed by atoms with Crippen LogP contribution in [0.3, 0.4) is 0 Å². The van der Waals surface area contributed by atoms with Crippen LogP contribution in [0, 0.1) is 0 Å². The molecule has 1 aliphatic rings. The van der Waals surface area contributed by atoms with Crippen LogP contribution in [-0.4, -0.2) is 17.3 Å². The van der Waals surface area contributed by atoms with Crippen LogP contribution >= 0.6 is 23.4 Å². The molecule has 1 N–H and O–H groups in total. The molecule has 2 nitrogen and oxygen atoms in total. The fourth-order valence-electron chi connectivity index (χ4n) is 2.52. The highest BCUT2D eigenvalue weighted by molar-refractivity contribution is 7.99. The summed E-state index contributed by atoms with van der Waals surface area (Å²) in [5.41, 5.74) is 2.67. The molecule has 0 bridgehead atoms. The second-order valence-corrected chi connectivity index (χ2v) is 6.50. The number of nitrogens with zero attached hydrogens (tertiary/aromatic N) is 1. The molecular formula is C16H17ClN2S. The first kappa shape index (κ1) is 13.9. The third-order valence-electron chi connectivity index (χ3n) is 3.57. The van der Waals surface area contributed by atoms with Gasteiger partial charge in [0.05, 0.1) is 0 Å². The number of hydrogen-bond acceptors (Lipinski definition) is 3. The topological polar surface area (TPSA) is 24.9 Å². The molecule has 2 aromatic rings. The maximum absolute atomic E-state index is 6.13. The van der Waals surface area contributed by atoms with E-state index in [1.165, 1.54) is 21.8 Å². The summed E-state index contributed by atoms with van der Waals surface area (Å²) in [6.07, 6.45) is 5.89. The van der Waals surface area contributed by atoms with Gasteiger partial charge in [-0.3, -0.25) is 4.98 Å². The molecule has 1 aliphatic heterocycles. The molecule has 0 saturated carbocycles. The quantitative estimate of drug-likeness (QED) is 0.920. The molecule has 1 atom stereocenters. The second kappa shape index (κ2) is 6.61. The van der Waals surface area contributed by atoms with Gasteiger partial charge >= 0.3 is 0 Å². The maximum Gasteiger partial charge on any atom is 0.0410 e. The van der Waals surface area contributed by atoms with Crippen molar-refractivity contribution in [3.63, 3.8) is 0 Å². The van der Waals surface area contributed by atoms with E-state index in [0.717, 1.165) is 24.4 Å². The Morgan fingerprint density at radius 3 is 2.95 bits per heavy atom. The molecule has 0 saturated heterocycles. The summed E-state index contributed by atoms with van der Waals surface area (Å²) >= 11 is 8.05. The molecular weight excluding hydrogens is 288 g/mol. The van der Waals surface area contributed by atoms with Crippen molar-refractivity contribution in [3.8, 4) is 0 Å². The minimum Gasteiger partial charge on any atom is -0.310 e. The van der Waals surface area contributed by atoms with E-state index in [2.05, 4.69) is 34.6 Å². The maximum atomic E-state index is 6.13. The van der Waals surface area contributed by atoms with Crippen molar-refractivity contribution < 1.29 is 0 Å². The molecule has 0 fully saturated rings. The molecule has 4 heteroatoms. The summed E-state index contributed by atoms with van der Waals surface area (Å²) < 4.78 is 0. The summed E-state index contributed by atoms with van der Waals surface area (Å²) in [5, 5.41) is 4.49. The molecule has 2 heterocycles. The van der Waals surface area contributed by atoms with E-state index in [4.69, 9.17) is 11.6 Å². The van der Waals surface area contributed by atoms with E-state index in [0.29, 0.717) is 6.04 Å². The van der Waals surface area contributed by atoms with Crippen LogP contribution in [0.15, 0.2) is 47.6 Å². The van der Waals surface area contributed by atoms with E-state index < -0.39 is 0 Å². The van der Waals surface area contributed by atoms with Crippen molar-refractivity contribution in [2.24, 2.45) is 0 Å². The number of hydrogen-bond donors (Lipinski definition) is 1. The first-order chi connectivity index (χ1) is 9.83. The highest BCUT2D eigenvalue weighted by Gasteiger charge is 2.20. The molecule has 1 aromatic carbocycles. The minimum atomic E-state index is 0.423. The average molecular weight is 305 g/mol. The molecule has 0 amide bonds. The molecule has 0 radical (unpaired) electrons. The highest BCUT2D eigenvalue weighted by atomic mass is 35.5. The van der Waals surface area contributed by atoms with Gasteiger partial charge in [0.25, 0.3) is 0 Å². The summed E-state index contributed by atoms with van der Waals surface area (Å²) in [5.74, 6) is 1.17. The predicted octanol–water partition coefficient (Wildman–Crippen LogP) is 4.10. The number of aromatic nitrogens is 1. The molecule has 1 unspecified atom stereocenters. The normalized spacial score (nSPS) is 17.8. The van der Waals surface area contributed by atoms with E-state index in [9.17, 15) is 0 Å². The number of thioether (sulfide) groups is 1. The van der Waals surface area contributed by atoms with E-state index in [1.807, 2.05) is 30.2 Å². The van der Waals surface area contributed by atoms with Crippen molar-refractivity contribution in [3.05, 3.63) is 58.9 Å². The molecule has 1 aromatic heterocycles. The van der Waals surface area contributed by atoms with Crippen LogP contribution in [0.5, 0.6) is 0 Å². The average Bonchev–Trinajstić information content (AvgIpc) is 2.49. The van der Waals surface area contributed by atoms with Gasteiger partial charge in [0.15, 0.2) is 0 Å². The van der Waals surface area contributed by atoms with Gasteiger partial charge in [-0.25, -0.2) is 0 Å². The first-order valence-electron chi connectivity index (χ1n) is 6.87. The molecule has 104 valence electrons. The van der Waals surface area contributed by atoms with Gasteiger partial charge in [0.1, 0.15) is 0 Å². The van der Waals surface area contributed by atoms with E-state index in [1.54, 1.807) is 0 Å². The van der Waals surface area contributed by atoms with Gasteiger partial charge in [0, 0.05) is 28.4 Å². The number of rotatable bonds is 4. The number of nitrogens with one attached hydrogen (secondary N) is 1. The summed E-state index contributed by atoms with van der Waals surface area (Å²) in [4.78, 5) is 5.41. The fourth-order valence-corrected chi connectivity index (χ4v) is 3.80. The Morgan fingerprint density at radius 2 is 2.10 bits per heavy atom. The second-order valence-electron chi connectivity index (χ2n) is 4.93. The Labute approximate surface area is 129 Å². The summed E-state index contributed by atoms with van der Waals surface area (Å²) in [7, 11) is 0. The van der Waals surface area contributed by atoms with Gasteiger partial charge in [-0.05, 0) is 66.6 Å². The molecule has 0 aliphatic carbocycles. The zero-order valence-corrected chi connectivity index (χ0v) is 12.8. The van der Waals surface area contributed by atoms with Crippen LogP contribution in [-0.2, 0) is 6.42 Å². The molecule has 0 spiro atoms. The lowest BCUT2D eigenvalue weighted by atomic mass is 10.0. The van der Waals surface area contributed by atoms with Crippen molar-refractivity contribution in [2.75, 3.05) is 12.3 Å². The van der Waals surface area contributed by atoms with Crippen LogP contribution in [0.4, 0.5) is 0 Å². The Bertz CT molecular complexity index is 574. The standard InChI is InChI=1S/C16H17ClN2S/c17-13-1-2-16-14(11-13)15(6-10-20-16)19-9-5-12-3-7-18-8-4-12/h1-4,7-8,11,15,19H,5-6,9-10H2. The van der Waals surface area contributed by atoms with Crippen LogP contribution in [0.1, 0.15) is 23.6 Å². The Morgan fingerprint density at radius 1 is 1.25 bits per heavy atom. The van der Waals surface area contributed by atoms with Crippen molar-refractivity contribution in [1.29, 1.82) is 0 Å². The molecule has 20 heavy (non-hydrogen) atoms. The minimum absolute atomic E-state index is 0.423. The van der Waals surface area contributed by atoms with E-state index >= 15 is 0 Å².